The number of hydrazone groups is 1. The van der Waals surface area contributed by atoms with Crippen molar-refractivity contribution in [2.24, 2.45) is 5.10 Å². The van der Waals surface area contributed by atoms with Gasteiger partial charge in [-0.3, -0.25) is 9.80 Å². The summed E-state index contributed by atoms with van der Waals surface area (Å²) in [5, 5.41) is 15.8. The van der Waals surface area contributed by atoms with E-state index in [0.717, 1.165) is 22.6 Å². The molecule has 2 aromatic carbocycles. The average molecular weight is 428 g/mol. The monoisotopic (exact) mass is 428 g/mol. The molecule has 0 saturated heterocycles. The summed E-state index contributed by atoms with van der Waals surface area (Å²) in [5.41, 5.74) is 2.83. The average Bonchev–Trinajstić information content (AvgIpc) is 3.22. The SMILES string of the molecule is COc1cccc(C2=NN(CCCC(=O)O)C(c3cc(OC)c(OC)c(OC)c3)C2)c1. The van der Waals surface area contributed by atoms with Crippen molar-refractivity contribution in [3.8, 4) is 23.0 Å². The van der Waals surface area contributed by atoms with Gasteiger partial charge in [0, 0.05) is 24.9 Å². The van der Waals surface area contributed by atoms with Gasteiger partial charge in [0.2, 0.25) is 5.75 Å². The number of ether oxygens (including phenoxy) is 4. The van der Waals surface area contributed by atoms with Crippen LogP contribution in [0, 0.1) is 0 Å². The van der Waals surface area contributed by atoms with E-state index in [0.29, 0.717) is 36.6 Å². The predicted octanol–water partition coefficient (Wildman–Crippen LogP) is 3.74. The molecule has 0 radical (unpaired) electrons. The highest BCUT2D eigenvalue weighted by Crippen LogP contribution is 2.43. The highest BCUT2D eigenvalue weighted by molar-refractivity contribution is 6.02. The summed E-state index contributed by atoms with van der Waals surface area (Å²) in [5.74, 6) is 1.60. The van der Waals surface area contributed by atoms with E-state index in [4.69, 9.17) is 29.2 Å². The number of hydrogen-bond donors (Lipinski definition) is 1. The number of hydrogen-bond acceptors (Lipinski definition) is 7. The highest BCUT2D eigenvalue weighted by atomic mass is 16.5. The van der Waals surface area contributed by atoms with Crippen LogP contribution in [-0.2, 0) is 4.79 Å². The number of methoxy groups -OCH3 is 4. The van der Waals surface area contributed by atoms with Gasteiger partial charge < -0.3 is 24.1 Å². The molecular formula is C23H28N2O6. The molecule has 2 aromatic rings. The molecule has 31 heavy (non-hydrogen) atoms. The standard InChI is InChI=1S/C23H28N2O6/c1-28-17-8-5-7-15(11-17)18-14-19(25(24-18)10-6-9-22(26)27)16-12-20(29-2)23(31-4)21(13-16)30-3/h5,7-8,11-13,19H,6,9-10,14H2,1-4H3,(H,26,27). The van der Waals surface area contributed by atoms with Crippen LogP contribution in [0.2, 0.25) is 0 Å². The number of nitrogens with zero attached hydrogens (tertiary/aromatic N) is 2. The first-order valence-corrected chi connectivity index (χ1v) is 10.0. The van der Waals surface area contributed by atoms with Gasteiger partial charge in [-0.2, -0.15) is 5.10 Å². The zero-order valence-corrected chi connectivity index (χ0v) is 18.3. The maximum Gasteiger partial charge on any atom is 0.303 e. The third-order valence-corrected chi connectivity index (χ3v) is 5.25. The molecule has 1 atom stereocenters. The summed E-state index contributed by atoms with van der Waals surface area (Å²) in [7, 11) is 6.36. The molecule has 8 heteroatoms. The number of rotatable bonds is 10. The number of carboxylic acids is 1. The molecule has 0 bridgehead atoms. The van der Waals surface area contributed by atoms with E-state index in [1.165, 1.54) is 0 Å². The Balaban J connectivity index is 1.96. The highest BCUT2D eigenvalue weighted by Gasteiger charge is 2.30. The summed E-state index contributed by atoms with van der Waals surface area (Å²) in [4.78, 5) is 11.0. The predicted molar refractivity (Wildman–Crippen MR) is 117 cm³/mol. The lowest BCUT2D eigenvalue weighted by atomic mass is 9.97. The molecular weight excluding hydrogens is 400 g/mol. The summed E-state index contributed by atoms with van der Waals surface area (Å²) < 4.78 is 21.8. The molecule has 3 rings (SSSR count). The molecule has 0 fully saturated rings. The van der Waals surface area contributed by atoms with Crippen molar-refractivity contribution in [1.82, 2.24) is 5.01 Å². The smallest absolute Gasteiger partial charge is 0.303 e. The third kappa shape index (κ3) is 5.02. The van der Waals surface area contributed by atoms with Crippen molar-refractivity contribution in [3.63, 3.8) is 0 Å². The van der Waals surface area contributed by atoms with Crippen LogP contribution in [0.25, 0.3) is 0 Å². The van der Waals surface area contributed by atoms with Gasteiger partial charge in [-0.25, -0.2) is 0 Å². The van der Waals surface area contributed by atoms with E-state index >= 15 is 0 Å². The van der Waals surface area contributed by atoms with Crippen LogP contribution in [-0.4, -0.2) is 56.8 Å². The Labute approximate surface area is 182 Å². The molecule has 0 aromatic heterocycles. The minimum Gasteiger partial charge on any atom is -0.497 e. The van der Waals surface area contributed by atoms with Crippen LogP contribution < -0.4 is 18.9 Å². The minimum atomic E-state index is -0.819. The lowest BCUT2D eigenvalue weighted by Gasteiger charge is -2.25. The van der Waals surface area contributed by atoms with Crippen LogP contribution in [0.4, 0.5) is 0 Å². The molecule has 0 aliphatic carbocycles. The van der Waals surface area contributed by atoms with Gasteiger partial charge in [0.25, 0.3) is 0 Å². The van der Waals surface area contributed by atoms with Gasteiger partial charge >= 0.3 is 5.97 Å². The number of carboxylic acid groups (broad SMARTS) is 1. The van der Waals surface area contributed by atoms with Crippen LogP contribution in [0.1, 0.15) is 36.4 Å². The van der Waals surface area contributed by atoms with Crippen LogP contribution in [0.3, 0.4) is 0 Å². The van der Waals surface area contributed by atoms with Crippen molar-refractivity contribution < 1.29 is 28.8 Å². The van der Waals surface area contributed by atoms with Crippen molar-refractivity contribution in [2.75, 3.05) is 35.0 Å². The fourth-order valence-electron chi connectivity index (χ4n) is 3.71. The molecule has 1 N–H and O–H groups in total. The largest absolute Gasteiger partial charge is 0.497 e. The molecule has 0 saturated carbocycles. The van der Waals surface area contributed by atoms with E-state index in [2.05, 4.69) is 0 Å². The Hall–Kier alpha value is -3.42. The molecule has 1 aliphatic rings. The molecule has 0 spiro atoms. The van der Waals surface area contributed by atoms with Crippen molar-refractivity contribution >= 4 is 11.7 Å². The van der Waals surface area contributed by atoms with E-state index in [9.17, 15) is 4.79 Å². The molecule has 1 heterocycles. The number of benzene rings is 2. The maximum atomic E-state index is 11.0. The molecule has 8 nitrogen and oxygen atoms in total. The fourth-order valence-corrected chi connectivity index (χ4v) is 3.71. The first-order chi connectivity index (χ1) is 15.0. The Morgan fingerprint density at radius 3 is 2.35 bits per heavy atom. The molecule has 1 aliphatic heterocycles. The Morgan fingerprint density at radius 1 is 1.06 bits per heavy atom. The van der Waals surface area contributed by atoms with Gasteiger partial charge in [-0.15, -0.1) is 0 Å². The molecule has 166 valence electrons. The van der Waals surface area contributed by atoms with Gasteiger partial charge in [0.05, 0.1) is 40.2 Å². The third-order valence-electron chi connectivity index (χ3n) is 5.25. The van der Waals surface area contributed by atoms with Gasteiger partial charge in [-0.05, 0) is 36.2 Å². The summed E-state index contributed by atoms with van der Waals surface area (Å²) in [6.07, 6.45) is 1.23. The second kappa shape index (κ2) is 10.1. The number of carbonyl (C=O) groups is 1. The topological polar surface area (TPSA) is 89.8 Å². The Kier molecular flexibility index (Phi) is 7.23. The van der Waals surface area contributed by atoms with E-state index in [1.807, 2.05) is 41.4 Å². The van der Waals surface area contributed by atoms with Crippen molar-refractivity contribution in [3.05, 3.63) is 47.5 Å². The second-order valence-corrected chi connectivity index (χ2v) is 7.12. The van der Waals surface area contributed by atoms with Gasteiger partial charge in [0.1, 0.15) is 5.75 Å². The second-order valence-electron chi connectivity index (χ2n) is 7.12. The zero-order chi connectivity index (χ0) is 22.4. The summed E-state index contributed by atoms with van der Waals surface area (Å²) in [6.45, 7) is 0.515. The van der Waals surface area contributed by atoms with E-state index in [-0.39, 0.29) is 12.5 Å². The Bertz CT molecular complexity index is 934. The summed E-state index contributed by atoms with van der Waals surface area (Å²) >= 11 is 0. The number of aliphatic carboxylic acids is 1. The first kappa shape index (κ1) is 22.3. The Morgan fingerprint density at radius 2 is 1.77 bits per heavy atom. The minimum absolute atomic E-state index is 0.0858. The molecule has 0 amide bonds. The van der Waals surface area contributed by atoms with Crippen LogP contribution >= 0.6 is 0 Å². The van der Waals surface area contributed by atoms with E-state index in [1.54, 1.807) is 28.4 Å². The van der Waals surface area contributed by atoms with Gasteiger partial charge in [0.15, 0.2) is 11.5 Å². The maximum absolute atomic E-state index is 11.0. The lowest BCUT2D eigenvalue weighted by Crippen LogP contribution is -2.21. The zero-order valence-electron chi connectivity index (χ0n) is 18.3. The lowest BCUT2D eigenvalue weighted by molar-refractivity contribution is -0.137. The van der Waals surface area contributed by atoms with Crippen molar-refractivity contribution in [2.45, 2.75) is 25.3 Å². The normalized spacial score (nSPS) is 15.4. The van der Waals surface area contributed by atoms with E-state index < -0.39 is 5.97 Å². The quantitative estimate of drug-likeness (QED) is 0.617. The van der Waals surface area contributed by atoms with Crippen LogP contribution in [0.15, 0.2) is 41.5 Å². The molecule has 1 unspecified atom stereocenters. The van der Waals surface area contributed by atoms with Crippen LogP contribution in [0.5, 0.6) is 23.0 Å². The fraction of sp³-hybridized carbons (Fsp3) is 0.391. The summed E-state index contributed by atoms with van der Waals surface area (Å²) in [6, 6.07) is 11.5. The first-order valence-electron chi connectivity index (χ1n) is 10.0. The van der Waals surface area contributed by atoms with Crippen molar-refractivity contribution in [1.29, 1.82) is 0 Å². The van der Waals surface area contributed by atoms with Gasteiger partial charge in [-0.1, -0.05) is 12.1 Å².